The minimum absolute atomic E-state index is 0.0185. The molecule has 2 aliphatic heterocycles. The van der Waals surface area contributed by atoms with E-state index in [9.17, 15) is 45.8 Å². The minimum Gasteiger partial charge on any atom is -0.465 e. The zero-order valence-electron chi connectivity index (χ0n) is 41.6. The van der Waals surface area contributed by atoms with Gasteiger partial charge in [0, 0.05) is 27.1 Å². The van der Waals surface area contributed by atoms with Crippen LogP contribution in [-0.2, 0) is 51.7 Å². The van der Waals surface area contributed by atoms with Crippen molar-refractivity contribution in [3.8, 4) is 0 Å². The average Bonchev–Trinajstić information content (AvgIpc) is 3.58. The van der Waals surface area contributed by atoms with Gasteiger partial charge in [0.15, 0.2) is 22.4 Å². The highest BCUT2D eigenvalue weighted by Crippen LogP contribution is 2.43. The Hall–Kier alpha value is -1.66. The molecule has 2 saturated heterocycles. The molecule has 20 heteroatoms. The third-order valence-electron chi connectivity index (χ3n) is 12.4. The fourth-order valence-corrected chi connectivity index (χ4v) is 8.86. The van der Waals surface area contributed by atoms with Crippen LogP contribution in [0.3, 0.4) is 0 Å². The van der Waals surface area contributed by atoms with E-state index in [1.165, 1.54) is 14.2 Å². The molecule has 0 saturated carbocycles. The van der Waals surface area contributed by atoms with E-state index < -0.39 is 101 Å². The fraction of sp³-hybridized carbons (Fsp3) is 0.932. The molecule has 0 aromatic heterocycles. The highest BCUT2D eigenvalue weighted by Gasteiger charge is 2.51. The lowest BCUT2D eigenvalue weighted by atomic mass is 9.97. The number of hydrogen-bond acceptors (Lipinski definition) is 12. The second kappa shape index (κ2) is 23.1. The van der Waals surface area contributed by atoms with Crippen LogP contribution < -0.4 is 0 Å². The maximum absolute atomic E-state index is 13.7. The molecule has 3 unspecified atom stereocenters. The van der Waals surface area contributed by atoms with E-state index in [0.29, 0.717) is 0 Å². The summed E-state index contributed by atoms with van der Waals surface area (Å²) >= 11 is 0. The molecule has 2 aliphatic rings. The first-order chi connectivity index (χ1) is 28.6. The van der Waals surface area contributed by atoms with Gasteiger partial charge in [0.1, 0.15) is 36.6 Å². The van der Waals surface area contributed by atoms with Gasteiger partial charge in [-0.1, -0.05) is 41.5 Å². The third kappa shape index (κ3) is 18.1. The summed E-state index contributed by atoms with van der Waals surface area (Å²) in [4.78, 5) is 36.3. The highest BCUT2D eigenvalue weighted by molar-refractivity contribution is 6.74. The van der Waals surface area contributed by atoms with Crippen molar-refractivity contribution in [1.29, 1.82) is 0 Å². The lowest BCUT2D eigenvalue weighted by Gasteiger charge is -2.40. The van der Waals surface area contributed by atoms with Crippen molar-refractivity contribution in [2.45, 2.75) is 225 Å². The number of methoxy groups -OCH3 is 2. The maximum atomic E-state index is 13.7. The quantitative estimate of drug-likeness (QED) is 0.0793. The molecule has 378 valence electrons. The Morgan fingerprint density at radius 1 is 0.609 bits per heavy atom. The normalized spacial score (nSPS) is 25.1. The number of alkyl halides is 6. The number of rotatable bonds is 18. The maximum Gasteiger partial charge on any atom is 0.413 e. The van der Waals surface area contributed by atoms with Gasteiger partial charge in [0.25, 0.3) is 0 Å². The van der Waals surface area contributed by atoms with Crippen LogP contribution in [0.15, 0.2) is 0 Å². The van der Waals surface area contributed by atoms with Gasteiger partial charge in [0.05, 0.1) is 42.4 Å². The second-order valence-electron chi connectivity index (χ2n) is 21.9. The highest BCUT2D eigenvalue weighted by atomic mass is 28.4. The Kier molecular flexibility index (Phi) is 21.8. The van der Waals surface area contributed by atoms with E-state index in [-0.39, 0.29) is 73.6 Å². The van der Waals surface area contributed by atoms with Gasteiger partial charge in [-0.25, -0.2) is 0 Å². The van der Waals surface area contributed by atoms with Gasteiger partial charge < -0.3 is 42.4 Å². The number of carbonyl (C=O) groups excluding carboxylic acids is 3. The number of aliphatic hydroxyl groups excluding tert-OH is 1. The number of carbonyl (C=O) groups is 3. The molecule has 9 atom stereocenters. The van der Waals surface area contributed by atoms with E-state index in [1.807, 2.05) is 41.5 Å². The van der Waals surface area contributed by atoms with Gasteiger partial charge in [-0.05, 0) is 103 Å². The molecule has 0 radical (unpaired) electrons. The van der Waals surface area contributed by atoms with Crippen molar-refractivity contribution in [1.82, 2.24) is 0 Å². The van der Waals surface area contributed by atoms with Crippen LogP contribution in [0.4, 0.5) is 26.3 Å². The Bertz CT molecular complexity index is 1480. The molecule has 0 bridgehead atoms. The van der Waals surface area contributed by atoms with Gasteiger partial charge in [-0.15, -0.1) is 0 Å². The molecule has 2 heterocycles. The molecular formula is C44H80F6O12Si2. The first-order valence-corrected chi connectivity index (χ1v) is 27.9. The molecule has 0 aromatic carbocycles. The van der Waals surface area contributed by atoms with E-state index in [2.05, 4.69) is 0 Å². The molecule has 1 N–H and O–H groups in total. The number of ether oxygens (including phenoxy) is 6. The molecular weight excluding hydrogens is 891 g/mol. The van der Waals surface area contributed by atoms with Crippen LogP contribution in [0.2, 0.25) is 36.3 Å². The smallest absolute Gasteiger partial charge is 0.413 e. The van der Waals surface area contributed by atoms with Gasteiger partial charge in [0.2, 0.25) is 0 Å². The topological polar surface area (TPSA) is 145 Å². The molecule has 2 rings (SSSR count). The van der Waals surface area contributed by atoms with Crippen molar-refractivity contribution in [3.63, 3.8) is 0 Å². The third-order valence-corrected chi connectivity index (χ3v) is 21.3. The summed E-state index contributed by atoms with van der Waals surface area (Å²) in [5.74, 6) is -1.13. The molecule has 2 fully saturated rings. The molecule has 0 spiro atoms. The number of esters is 2. The minimum atomic E-state index is -4.53. The number of ketones is 1. The molecule has 0 aliphatic carbocycles. The largest absolute Gasteiger partial charge is 0.465 e. The molecule has 12 nitrogen and oxygen atoms in total. The number of halogens is 6. The average molecular weight is 971 g/mol. The number of hydrogen-bond donors (Lipinski definition) is 1. The summed E-state index contributed by atoms with van der Waals surface area (Å²) in [5, 5.41) is 9.79. The van der Waals surface area contributed by atoms with Gasteiger partial charge in [-0.2, -0.15) is 26.3 Å². The predicted octanol–water partition coefficient (Wildman–Crippen LogP) is 9.89. The Balaban J connectivity index is 0.000000640. The van der Waals surface area contributed by atoms with Gasteiger partial charge in [-0.3, -0.25) is 14.4 Å². The van der Waals surface area contributed by atoms with Crippen LogP contribution in [0.25, 0.3) is 0 Å². The standard InChI is InChI=1S/C22H41F3O6Si.C22H39F3O6Si/c2*1-20(2,3)19(27)29-13-12-14-17(26)18(28-7)15(30-14)10-11-16(22(23,24)25)31-32(8,9)21(4,5)6/h14-18,26H,10-13H2,1-9H3;14-16,18H,10-13H2,1-9H3/t14-,15+,16?,17?,18-;14-,15+,16?,18-/m00/s1. The Morgan fingerprint density at radius 2 is 1.00 bits per heavy atom. The van der Waals surface area contributed by atoms with E-state index in [1.54, 1.807) is 67.7 Å². The monoisotopic (exact) mass is 971 g/mol. The zero-order valence-corrected chi connectivity index (χ0v) is 43.6. The molecule has 0 aromatic rings. The summed E-state index contributed by atoms with van der Waals surface area (Å²) in [5.41, 5.74) is -1.32. The lowest BCUT2D eigenvalue weighted by Crippen LogP contribution is -2.48. The lowest BCUT2D eigenvalue weighted by molar-refractivity contribution is -0.202. The summed E-state index contributed by atoms with van der Waals surface area (Å²) in [6.07, 6.45) is -19.0. The Labute approximate surface area is 380 Å². The summed E-state index contributed by atoms with van der Waals surface area (Å²) in [6, 6.07) is 0. The van der Waals surface area contributed by atoms with Crippen molar-refractivity contribution in [3.05, 3.63) is 0 Å². The summed E-state index contributed by atoms with van der Waals surface area (Å²) in [6.45, 7) is 28.8. The van der Waals surface area contributed by atoms with Crippen molar-refractivity contribution in [2.75, 3.05) is 27.4 Å². The first-order valence-electron chi connectivity index (χ1n) is 22.0. The van der Waals surface area contributed by atoms with Crippen LogP contribution in [-0.4, -0.2) is 134 Å². The van der Waals surface area contributed by atoms with Crippen LogP contribution in [0.1, 0.15) is 122 Å². The summed E-state index contributed by atoms with van der Waals surface area (Å²) in [7, 11) is -2.58. The first kappa shape index (κ1) is 60.4. The van der Waals surface area contributed by atoms with E-state index in [0.717, 1.165) is 0 Å². The van der Waals surface area contributed by atoms with Crippen LogP contribution in [0, 0.1) is 10.8 Å². The van der Waals surface area contributed by atoms with Crippen molar-refractivity contribution in [2.24, 2.45) is 10.8 Å². The zero-order chi connectivity index (χ0) is 50.2. The number of aliphatic hydroxyl groups is 1. The fourth-order valence-electron chi connectivity index (χ4n) is 6.22. The van der Waals surface area contributed by atoms with Crippen molar-refractivity contribution < 1.29 is 83.1 Å². The SMILES string of the molecule is CO[C@@H]1C(=O)[C@H](CCOC(=O)C(C)(C)C)O[C@@H]1CCC(O[Si](C)(C)C(C)(C)C)C(F)(F)F.CO[C@@H]1C(O)[C@H](CCOC(=O)C(C)(C)C)O[C@@H]1CCC(O[Si](C)(C)C(C)(C)C)C(F)(F)F. The predicted molar refractivity (Wildman–Crippen MR) is 235 cm³/mol. The summed E-state index contributed by atoms with van der Waals surface area (Å²) < 4.78 is 126. The van der Waals surface area contributed by atoms with Gasteiger partial charge >= 0.3 is 24.3 Å². The van der Waals surface area contributed by atoms with Crippen LogP contribution in [0.5, 0.6) is 0 Å². The van der Waals surface area contributed by atoms with E-state index in [4.69, 9.17) is 37.3 Å². The molecule has 0 amide bonds. The van der Waals surface area contributed by atoms with E-state index >= 15 is 0 Å². The number of Topliss-reactive ketones (excluding diaryl/α,β-unsaturated/α-hetero) is 1. The molecule has 64 heavy (non-hydrogen) atoms. The second-order valence-corrected chi connectivity index (χ2v) is 31.5. The van der Waals surface area contributed by atoms with Crippen molar-refractivity contribution >= 4 is 34.4 Å². The Morgan fingerprint density at radius 3 is 1.34 bits per heavy atom. The van der Waals surface area contributed by atoms with Crippen LogP contribution >= 0.6 is 0 Å².